The Kier molecular flexibility index (Phi) is 6.66. The van der Waals surface area contributed by atoms with Gasteiger partial charge in [0.15, 0.2) is 10.9 Å². The Morgan fingerprint density at radius 2 is 2.22 bits per heavy atom. The summed E-state index contributed by atoms with van der Waals surface area (Å²) in [7, 11) is 0. The monoisotopic (exact) mass is 410 g/mol. The minimum Gasteiger partial charge on any atom is -0.488 e. The first-order valence-corrected chi connectivity index (χ1v) is 9.06. The fourth-order valence-corrected chi connectivity index (χ4v) is 3.01. The standard InChI is InChI=1S/C19H17Cl2FN2O3/c20-15-3-1-4-16(22)14(15)6-7-18(25)24-9-10-26-13(11-24)12-27-17-5-2-8-23-19(17)21/h1-8,13H,9-12H2/b7-6+. The fourth-order valence-electron chi connectivity index (χ4n) is 2.61. The van der Waals surface area contributed by atoms with Crippen LogP contribution in [0, 0.1) is 5.82 Å². The Bertz CT molecular complexity index is 827. The van der Waals surface area contributed by atoms with Gasteiger partial charge in [-0.3, -0.25) is 4.79 Å². The lowest BCUT2D eigenvalue weighted by Crippen LogP contribution is -2.47. The molecule has 1 unspecified atom stereocenters. The molecule has 1 aliphatic heterocycles. The number of aromatic nitrogens is 1. The summed E-state index contributed by atoms with van der Waals surface area (Å²) in [5.41, 5.74) is 0.187. The molecule has 1 saturated heterocycles. The number of morpholine rings is 1. The Morgan fingerprint density at radius 3 is 3.00 bits per heavy atom. The molecule has 0 spiro atoms. The van der Waals surface area contributed by atoms with Crippen LogP contribution in [0.1, 0.15) is 5.56 Å². The molecular weight excluding hydrogens is 394 g/mol. The van der Waals surface area contributed by atoms with Gasteiger partial charge in [0.25, 0.3) is 0 Å². The Labute approximate surface area is 166 Å². The summed E-state index contributed by atoms with van der Waals surface area (Å²) in [5, 5.41) is 0.520. The van der Waals surface area contributed by atoms with E-state index in [1.807, 2.05) is 0 Å². The molecule has 2 aromatic rings. The molecule has 0 bridgehead atoms. The fraction of sp³-hybridized carbons (Fsp3) is 0.263. The molecule has 1 aromatic carbocycles. The van der Waals surface area contributed by atoms with Crippen molar-refractivity contribution in [3.8, 4) is 5.75 Å². The molecule has 0 N–H and O–H groups in total. The highest BCUT2D eigenvalue weighted by Gasteiger charge is 2.24. The predicted molar refractivity (Wildman–Crippen MR) is 102 cm³/mol. The van der Waals surface area contributed by atoms with Crippen LogP contribution in [0.4, 0.5) is 4.39 Å². The van der Waals surface area contributed by atoms with Gasteiger partial charge >= 0.3 is 0 Å². The van der Waals surface area contributed by atoms with E-state index in [1.165, 1.54) is 24.3 Å². The number of hydrogen-bond acceptors (Lipinski definition) is 4. The number of nitrogens with zero attached hydrogens (tertiary/aromatic N) is 2. The van der Waals surface area contributed by atoms with E-state index in [4.69, 9.17) is 32.7 Å². The van der Waals surface area contributed by atoms with E-state index in [1.54, 1.807) is 29.3 Å². The predicted octanol–water partition coefficient (Wildman–Crippen LogP) is 3.85. The molecule has 142 valence electrons. The zero-order valence-corrected chi connectivity index (χ0v) is 15.8. The second kappa shape index (κ2) is 9.17. The van der Waals surface area contributed by atoms with Crippen LogP contribution >= 0.6 is 23.2 Å². The number of carbonyl (C=O) groups is 1. The van der Waals surface area contributed by atoms with Gasteiger partial charge in [0, 0.05) is 24.4 Å². The average molecular weight is 411 g/mol. The summed E-state index contributed by atoms with van der Waals surface area (Å²) in [4.78, 5) is 18.0. The van der Waals surface area contributed by atoms with Crippen molar-refractivity contribution in [2.75, 3.05) is 26.3 Å². The summed E-state index contributed by atoms with van der Waals surface area (Å²) in [6, 6.07) is 7.81. The van der Waals surface area contributed by atoms with Crippen molar-refractivity contribution in [1.29, 1.82) is 0 Å². The van der Waals surface area contributed by atoms with E-state index in [9.17, 15) is 9.18 Å². The highest BCUT2D eigenvalue weighted by molar-refractivity contribution is 6.32. The molecule has 3 rings (SSSR count). The number of ether oxygens (including phenoxy) is 2. The first-order chi connectivity index (χ1) is 13.0. The molecule has 5 nitrogen and oxygen atoms in total. The van der Waals surface area contributed by atoms with Gasteiger partial charge in [-0.2, -0.15) is 0 Å². The lowest BCUT2D eigenvalue weighted by molar-refractivity contribution is -0.134. The first kappa shape index (κ1) is 19.6. The summed E-state index contributed by atoms with van der Waals surface area (Å²) < 4.78 is 25.0. The molecule has 1 atom stereocenters. The number of halogens is 3. The number of carbonyl (C=O) groups excluding carboxylic acids is 1. The minimum atomic E-state index is -0.479. The van der Waals surface area contributed by atoms with Crippen molar-refractivity contribution in [3.05, 3.63) is 64.2 Å². The lowest BCUT2D eigenvalue weighted by atomic mass is 10.2. The second-order valence-corrected chi connectivity index (χ2v) is 6.61. The third-order valence-electron chi connectivity index (χ3n) is 3.99. The van der Waals surface area contributed by atoms with Crippen LogP contribution in [0.15, 0.2) is 42.6 Å². The lowest BCUT2D eigenvalue weighted by Gasteiger charge is -2.32. The number of pyridine rings is 1. The van der Waals surface area contributed by atoms with Crippen molar-refractivity contribution in [3.63, 3.8) is 0 Å². The van der Waals surface area contributed by atoms with Gasteiger partial charge in [0.2, 0.25) is 5.91 Å². The molecule has 1 aromatic heterocycles. The minimum absolute atomic E-state index is 0.187. The SMILES string of the molecule is O=C(/C=C/c1c(F)cccc1Cl)N1CCOC(COc2cccnc2Cl)C1. The maximum Gasteiger partial charge on any atom is 0.246 e. The maximum atomic E-state index is 13.8. The van der Waals surface area contributed by atoms with Crippen LogP contribution in [-0.4, -0.2) is 48.2 Å². The zero-order chi connectivity index (χ0) is 19.2. The molecule has 1 fully saturated rings. The van der Waals surface area contributed by atoms with Crippen LogP contribution in [0.25, 0.3) is 6.08 Å². The molecule has 8 heteroatoms. The van der Waals surface area contributed by atoms with E-state index < -0.39 is 5.82 Å². The number of amides is 1. The largest absolute Gasteiger partial charge is 0.488 e. The number of hydrogen-bond donors (Lipinski definition) is 0. The first-order valence-electron chi connectivity index (χ1n) is 8.30. The van der Waals surface area contributed by atoms with Gasteiger partial charge in [-0.25, -0.2) is 9.37 Å². The molecular formula is C19H17Cl2FN2O3. The van der Waals surface area contributed by atoms with E-state index in [0.29, 0.717) is 25.4 Å². The van der Waals surface area contributed by atoms with Crippen LogP contribution in [-0.2, 0) is 9.53 Å². The summed E-state index contributed by atoms with van der Waals surface area (Å²) in [6.45, 7) is 1.41. The Morgan fingerprint density at radius 1 is 1.37 bits per heavy atom. The van der Waals surface area contributed by atoms with E-state index in [2.05, 4.69) is 4.98 Å². The quantitative estimate of drug-likeness (QED) is 0.554. The Hall–Kier alpha value is -2.15. The van der Waals surface area contributed by atoms with E-state index >= 15 is 0 Å². The van der Waals surface area contributed by atoms with Crippen molar-refractivity contribution in [2.45, 2.75) is 6.10 Å². The van der Waals surface area contributed by atoms with Crippen LogP contribution in [0.3, 0.4) is 0 Å². The summed E-state index contributed by atoms with van der Waals surface area (Å²) in [5.74, 6) is -0.268. The molecule has 0 saturated carbocycles. The van der Waals surface area contributed by atoms with Gasteiger partial charge < -0.3 is 14.4 Å². The summed E-state index contributed by atoms with van der Waals surface area (Å²) in [6.07, 6.45) is 3.97. The highest BCUT2D eigenvalue weighted by Crippen LogP contribution is 2.22. The molecule has 0 aliphatic carbocycles. The van der Waals surface area contributed by atoms with E-state index in [-0.39, 0.29) is 34.4 Å². The molecule has 1 aliphatic rings. The zero-order valence-electron chi connectivity index (χ0n) is 14.3. The van der Waals surface area contributed by atoms with Gasteiger partial charge in [0.1, 0.15) is 18.5 Å². The average Bonchev–Trinajstić information content (AvgIpc) is 2.67. The second-order valence-electron chi connectivity index (χ2n) is 5.85. The van der Waals surface area contributed by atoms with Gasteiger partial charge in [-0.05, 0) is 30.3 Å². The molecule has 0 radical (unpaired) electrons. The van der Waals surface area contributed by atoms with Crippen molar-refractivity contribution in [1.82, 2.24) is 9.88 Å². The van der Waals surface area contributed by atoms with Gasteiger partial charge in [-0.1, -0.05) is 29.3 Å². The van der Waals surface area contributed by atoms with Crippen LogP contribution in [0.5, 0.6) is 5.75 Å². The Balaban J connectivity index is 1.58. The highest BCUT2D eigenvalue weighted by atomic mass is 35.5. The van der Waals surface area contributed by atoms with Crippen molar-refractivity contribution >= 4 is 35.2 Å². The van der Waals surface area contributed by atoms with E-state index in [0.717, 1.165) is 0 Å². The third kappa shape index (κ3) is 5.19. The van der Waals surface area contributed by atoms with Crippen LogP contribution < -0.4 is 4.74 Å². The van der Waals surface area contributed by atoms with Crippen molar-refractivity contribution in [2.24, 2.45) is 0 Å². The third-order valence-corrected chi connectivity index (χ3v) is 4.61. The molecule has 27 heavy (non-hydrogen) atoms. The van der Waals surface area contributed by atoms with Gasteiger partial charge in [-0.15, -0.1) is 0 Å². The topological polar surface area (TPSA) is 51.7 Å². The van der Waals surface area contributed by atoms with Gasteiger partial charge in [0.05, 0.1) is 18.2 Å². The number of rotatable bonds is 5. The number of benzene rings is 1. The molecule has 2 heterocycles. The van der Waals surface area contributed by atoms with Crippen molar-refractivity contribution < 1.29 is 18.7 Å². The van der Waals surface area contributed by atoms with Crippen LogP contribution in [0.2, 0.25) is 10.2 Å². The smallest absolute Gasteiger partial charge is 0.246 e. The normalized spacial score (nSPS) is 17.3. The maximum absolute atomic E-state index is 13.8. The summed E-state index contributed by atoms with van der Waals surface area (Å²) >= 11 is 11.9. The molecule has 1 amide bonds.